The number of fused-ring (bicyclic) bond motifs is 1. The molecule has 3 rings (SSSR count). The average Bonchev–Trinajstić information content (AvgIpc) is 2.46. The Balaban J connectivity index is 2.20. The minimum Gasteiger partial charge on any atom is -0.478 e. The number of nitrogens with two attached hydrogens (primary N) is 1. The molecule has 0 aliphatic heterocycles. The zero-order valence-electron chi connectivity index (χ0n) is 10.6. The molecule has 0 saturated heterocycles. The van der Waals surface area contributed by atoms with E-state index in [0.717, 1.165) is 10.9 Å². The third-order valence-electron chi connectivity index (χ3n) is 3.21. The molecule has 0 saturated carbocycles. The maximum absolute atomic E-state index is 11.1. The van der Waals surface area contributed by atoms with Gasteiger partial charge in [0, 0.05) is 10.9 Å². The van der Waals surface area contributed by atoms with Gasteiger partial charge in [-0.2, -0.15) is 0 Å². The number of benzene rings is 2. The number of carboxylic acids is 1. The quantitative estimate of drug-likeness (QED) is 0.697. The van der Waals surface area contributed by atoms with Gasteiger partial charge < -0.3 is 10.8 Å². The summed E-state index contributed by atoms with van der Waals surface area (Å²) >= 11 is 0. The fourth-order valence-electron chi connectivity index (χ4n) is 2.19. The van der Waals surface area contributed by atoms with E-state index in [0.29, 0.717) is 11.3 Å². The van der Waals surface area contributed by atoms with Gasteiger partial charge in [0.1, 0.15) is 0 Å². The summed E-state index contributed by atoms with van der Waals surface area (Å²) < 4.78 is 0. The van der Waals surface area contributed by atoms with Crippen LogP contribution in [0.15, 0.2) is 54.6 Å². The number of aromatic carboxylic acids is 1. The molecular formula is C16H12N2O2. The van der Waals surface area contributed by atoms with Crippen LogP contribution >= 0.6 is 0 Å². The second-order valence-electron chi connectivity index (χ2n) is 4.46. The number of para-hydroxylation sites is 2. The van der Waals surface area contributed by atoms with Crippen molar-refractivity contribution in [2.24, 2.45) is 0 Å². The number of carboxylic acid groups (broad SMARTS) is 1. The standard InChI is InChI=1S/C16H12N2O2/c17-15-11(5-3-6-12(15)16(19)20)14-9-8-10-4-1-2-7-13(10)18-14/h1-9H,17H2,(H,19,20). The number of aromatic nitrogens is 1. The first kappa shape index (κ1) is 12.2. The van der Waals surface area contributed by atoms with Gasteiger partial charge in [-0.25, -0.2) is 9.78 Å². The molecule has 3 N–H and O–H groups in total. The molecule has 20 heavy (non-hydrogen) atoms. The summed E-state index contributed by atoms with van der Waals surface area (Å²) in [6.45, 7) is 0. The van der Waals surface area contributed by atoms with E-state index in [1.165, 1.54) is 6.07 Å². The van der Waals surface area contributed by atoms with Crippen LogP contribution in [0.25, 0.3) is 22.2 Å². The maximum Gasteiger partial charge on any atom is 0.337 e. The molecule has 0 spiro atoms. The number of nitrogen functional groups attached to an aromatic ring is 1. The number of anilines is 1. The van der Waals surface area contributed by atoms with E-state index in [4.69, 9.17) is 10.8 Å². The molecule has 0 radical (unpaired) electrons. The van der Waals surface area contributed by atoms with E-state index < -0.39 is 5.97 Å². The van der Waals surface area contributed by atoms with Crippen molar-refractivity contribution < 1.29 is 9.90 Å². The molecule has 4 heteroatoms. The van der Waals surface area contributed by atoms with Gasteiger partial charge >= 0.3 is 5.97 Å². The van der Waals surface area contributed by atoms with E-state index in [2.05, 4.69) is 4.98 Å². The highest BCUT2D eigenvalue weighted by molar-refractivity contribution is 5.98. The number of hydrogen-bond acceptors (Lipinski definition) is 3. The predicted molar refractivity (Wildman–Crippen MR) is 78.6 cm³/mol. The van der Waals surface area contributed by atoms with Gasteiger partial charge in [0.2, 0.25) is 0 Å². The van der Waals surface area contributed by atoms with Gasteiger partial charge in [0.25, 0.3) is 0 Å². The third-order valence-corrected chi connectivity index (χ3v) is 3.21. The van der Waals surface area contributed by atoms with Crippen molar-refractivity contribution in [2.75, 3.05) is 5.73 Å². The fourth-order valence-corrected chi connectivity index (χ4v) is 2.19. The highest BCUT2D eigenvalue weighted by atomic mass is 16.4. The molecule has 98 valence electrons. The molecular weight excluding hydrogens is 252 g/mol. The van der Waals surface area contributed by atoms with Crippen molar-refractivity contribution >= 4 is 22.6 Å². The van der Waals surface area contributed by atoms with Gasteiger partial charge in [-0.3, -0.25) is 0 Å². The fraction of sp³-hybridized carbons (Fsp3) is 0. The minimum absolute atomic E-state index is 0.0949. The van der Waals surface area contributed by atoms with Crippen LogP contribution in [0.1, 0.15) is 10.4 Å². The SMILES string of the molecule is Nc1c(C(=O)O)cccc1-c1ccc2ccccc2n1. The molecule has 3 aromatic rings. The zero-order chi connectivity index (χ0) is 14.1. The highest BCUT2D eigenvalue weighted by Crippen LogP contribution is 2.28. The van der Waals surface area contributed by atoms with Crippen LogP contribution in [0.5, 0.6) is 0 Å². The van der Waals surface area contributed by atoms with Crippen molar-refractivity contribution in [3.05, 3.63) is 60.2 Å². The lowest BCUT2D eigenvalue weighted by atomic mass is 10.0. The van der Waals surface area contributed by atoms with E-state index in [-0.39, 0.29) is 11.3 Å². The van der Waals surface area contributed by atoms with Crippen LogP contribution in [0.4, 0.5) is 5.69 Å². The Morgan fingerprint density at radius 1 is 1.00 bits per heavy atom. The lowest BCUT2D eigenvalue weighted by molar-refractivity contribution is 0.0698. The number of carbonyl (C=O) groups is 1. The van der Waals surface area contributed by atoms with E-state index in [1.54, 1.807) is 12.1 Å². The summed E-state index contributed by atoms with van der Waals surface area (Å²) in [4.78, 5) is 15.7. The van der Waals surface area contributed by atoms with E-state index >= 15 is 0 Å². The van der Waals surface area contributed by atoms with Crippen LogP contribution in [0.2, 0.25) is 0 Å². The Kier molecular flexibility index (Phi) is 2.84. The van der Waals surface area contributed by atoms with Crippen molar-refractivity contribution in [3.8, 4) is 11.3 Å². The summed E-state index contributed by atoms with van der Waals surface area (Å²) in [7, 11) is 0. The Labute approximate surface area is 115 Å². The molecule has 0 atom stereocenters. The summed E-state index contributed by atoms with van der Waals surface area (Å²) in [5, 5.41) is 10.1. The number of rotatable bonds is 2. The summed E-state index contributed by atoms with van der Waals surface area (Å²) in [5.74, 6) is -1.04. The average molecular weight is 264 g/mol. The summed E-state index contributed by atoms with van der Waals surface area (Å²) in [5.41, 5.74) is 8.43. The van der Waals surface area contributed by atoms with Crippen LogP contribution in [0, 0.1) is 0 Å². The Morgan fingerprint density at radius 3 is 2.60 bits per heavy atom. The molecule has 0 aliphatic carbocycles. The highest BCUT2D eigenvalue weighted by Gasteiger charge is 2.13. The molecule has 0 aliphatic rings. The number of nitrogens with zero attached hydrogens (tertiary/aromatic N) is 1. The van der Waals surface area contributed by atoms with Gasteiger partial charge in [0.15, 0.2) is 0 Å². The molecule has 0 bridgehead atoms. The van der Waals surface area contributed by atoms with Crippen LogP contribution in [0.3, 0.4) is 0 Å². The molecule has 2 aromatic carbocycles. The topological polar surface area (TPSA) is 76.2 Å². The largest absolute Gasteiger partial charge is 0.478 e. The molecule has 1 aromatic heterocycles. The molecule has 0 unspecified atom stereocenters. The predicted octanol–water partition coefficient (Wildman–Crippen LogP) is 3.18. The van der Waals surface area contributed by atoms with E-state index in [9.17, 15) is 4.79 Å². The zero-order valence-corrected chi connectivity index (χ0v) is 10.6. The Bertz CT molecular complexity index is 812. The first-order chi connectivity index (χ1) is 9.66. The van der Waals surface area contributed by atoms with Crippen LogP contribution in [-0.4, -0.2) is 16.1 Å². The Hall–Kier alpha value is -2.88. The molecule has 1 heterocycles. The van der Waals surface area contributed by atoms with Gasteiger partial charge in [-0.05, 0) is 18.2 Å². The molecule has 0 fully saturated rings. The normalized spacial score (nSPS) is 10.6. The third kappa shape index (κ3) is 1.97. The Morgan fingerprint density at radius 2 is 1.80 bits per heavy atom. The van der Waals surface area contributed by atoms with Crippen LogP contribution < -0.4 is 5.73 Å². The second-order valence-corrected chi connectivity index (χ2v) is 4.46. The maximum atomic E-state index is 11.1. The first-order valence-corrected chi connectivity index (χ1v) is 6.15. The lowest BCUT2D eigenvalue weighted by Crippen LogP contribution is -2.04. The lowest BCUT2D eigenvalue weighted by Gasteiger charge is -2.08. The van der Waals surface area contributed by atoms with Crippen molar-refractivity contribution in [2.45, 2.75) is 0 Å². The first-order valence-electron chi connectivity index (χ1n) is 6.15. The number of hydrogen-bond donors (Lipinski definition) is 2. The van der Waals surface area contributed by atoms with E-state index in [1.807, 2.05) is 36.4 Å². The van der Waals surface area contributed by atoms with Gasteiger partial charge in [0.05, 0.1) is 22.5 Å². The smallest absolute Gasteiger partial charge is 0.337 e. The second kappa shape index (κ2) is 4.66. The van der Waals surface area contributed by atoms with Crippen molar-refractivity contribution in [3.63, 3.8) is 0 Å². The van der Waals surface area contributed by atoms with Crippen molar-refractivity contribution in [1.82, 2.24) is 4.98 Å². The van der Waals surface area contributed by atoms with Crippen molar-refractivity contribution in [1.29, 1.82) is 0 Å². The monoisotopic (exact) mass is 264 g/mol. The summed E-state index contributed by atoms with van der Waals surface area (Å²) in [6.07, 6.45) is 0. The molecule has 0 amide bonds. The molecule has 4 nitrogen and oxygen atoms in total. The minimum atomic E-state index is -1.04. The van der Waals surface area contributed by atoms with Gasteiger partial charge in [-0.15, -0.1) is 0 Å². The van der Waals surface area contributed by atoms with Gasteiger partial charge in [-0.1, -0.05) is 36.4 Å². The summed E-state index contributed by atoms with van der Waals surface area (Å²) in [6, 6.07) is 16.5. The van der Waals surface area contributed by atoms with Crippen LogP contribution in [-0.2, 0) is 0 Å². The number of pyridine rings is 1.